The van der Waals surface area contributed by atoms with Crippen LogP contribution in [0.25, 0.3) is 0 Å². The van der Waals surface area contributed by atoms with Gasteiger partial charge in [0, 0.05) is 18.5 Å². The number of nitrogens with one attached hydrogen (secondary N) is 1. The van der Waals surface area contributed by atoms with E-state index in [0.29, 0.717) is 11.6 Å². The van der Waals surface area contributed by atoms with Crippen LogP contribution in [0.4, 0.5) is 5.82 Å². The summed E-state index contributed by atoms with van der Waals surface area (Å²) in [4.78, 5) is 15.3. The van der Waals surface area contributed by atoms with Crippen molar-refractivity contribution in [3.05, 3.63) is 29.5 Å². The molecule has 0 aromatic carbocycles. The monoisotopic (exact) mass is 240 g/mol. The van der Waals surface area contributed by atoms with Crippen molar-refractivity contribution in [1.82, 2.24) is 14.7 Å². The van der Waals surface area contributed by atoms with Gasteiger partial charge < -0.3 is 14.4 Å². The number of hydrogen-bond donors (Lipinski definition) is 1. The van der Waals surface area contributed by atoms with Gasteiger partial charge in [-0.3, -0.25) is 4.79 Å². The van der Waals surface area contributed by atoms with Gasteiger partial charge in [0.15, 0.2) is 5.82 Å². The molecule has 2 heterocycles. The van der Waals surface area contributed by atoms with Crippen molar-refractivity contribution in [2.24, 2.45) is 0 Å². The third-order valence-electron chi connectivity index (χ3n) is 1.87. The summed E-state index contributed by atoms with van der Waals surface area (Å²) >= 11 is 5.73. The molecule has 7 heteroatoms. The average molecular weight is 241 g/mol. The first-order valence-electron chi connectivity index (χ1n) is 4.55. The number of amides is 1. The fourth-order valence-corrected chi connectivity index (χ4v) is 1.36. The fraction of sp³-hybridized carbons (Fsp3) is 0.222. The molecule has 2 rings (SSSR count). The summed E-state index contributed by atoms with van der Waals surface area (Å²) in [7, 11) is 0. The van der Waals surface area contributed by atoms with Crippen LogP contribution in [-0.4, -0.2) is 20.6 Å². The summed E-state index contributed by atoms with van der Waals surface area (Å²) in [6.45, 7) is 1.83. The molecule has 0 aliphatic carbocycles. The minimum absolute atomic E-state index is 0.0880. The van der Waals surface area contributed by atoms with Crippen molar-refractivity contribution in [1.29, 1.82) is 0 Å². The number of aryl methyl sites for hydroxylation is 1. The molecule has 1 amide bonds. The molecule has 16 heavy (non-hydrogen) atoms. The van der Waals surface area contributed by atoms with E-state index < -0.39 is 0 Å². The minimum atomic E-state index is -0.242. The van der Waals surface area contributed by atoms with Crippen LogP contribution < -0.4 is 5.32 Å². The van der Waals surface area contributed by atoms with Gasteiger partial charge in [0.05, 0.1) is 0 Å². The highest BCUT2D eigenvalue weighted by molar-refractivity contribution is 6.28. The Morgan fingerprint density at radius 3 is 3.06 bits per heavy atom. The molecule has 0 radical (unpaired) electrons. The number of rotatable bonds is 3. The molecular formula is C9H9ClN4O2. The van der Waals surface area contributed by atoms with Crippen molar-refractivity contribution in [2.75, 3.05) is 5.32 Å². The first-order chi connectivity index (χ1) is 7.65. The second-order valence-electron chi connectivity index (χ2n) is 3.20. The summed E-state index contributed by atoms with van der Waals surface area (Å²) in [6.07, 6.45) is 3.14. The van der Waals surface area contributed by atoms with E-state index in [9.17, 15) is 4.79 Å². The SMILES string of the molecule is Cc1cc(NC(=O)Cn2ccnc2Cl)no1. The first-order valence-corrected chi connectivity index (χ1v) is 4.93. The summed E-state index contributed by atoms with van der Waals surface area (Å²) < 4.78 is 6.33. The van der Waals surface area contributed by atoms with E-state index in [1.165, 1.54) is 10.8 Å². The molecule has 0 saturated carbocycles. The molecule has 0 aliphatic heterocycles. The predicted molar refractivity (Wildman–Crippen MR) is 57.1 cm³/mol. The summed E-state index contributed by atoms with van der Waals surface area (Å²) in [6, 6.07) is 1.63. The third kappa shape index (κ3) is 2.40. The highest BCUT2D eigenvalue weighted by atomic mass is 35.5. The van der Waals surface area contributed by atoms with E-state index in [0.717, 1.165) is 0 Å². The van der Waals surface area contributed by atoms with E-state index in [1.807, 2.05) is 0 Å². The number of halogens is 1. The third-order valence-corrected chi connectivity index (χ3v) is 2.19. The standard InChI is InChI=1S/C9H9ClN4O2/c1-6-4-7(13-16-6)12-8(15)5-14-3-2-11-9(14)10/h2-4H,5H2,1H3,(H,12,13,15). The smallest absolute Gasteiger partial charge is 0.245 e. The maximum absolute atomic E-state index is 11.5. The number of imidazole rings is 1. The normalized spacial score (nSPS) is 10.4. The number of nitrogens with zero attached hydrogens (tertiary/aromatic N) is 3. The number of carbonyl (C=O) groups is 1. The van der Waals surface area contributed by atoms with Gasteiger partial charge in [-0.05, 0) is 18.5 Å². The molecule has 2 aromatic heterocycles. The van der Waals surface area contributed by atoms with Gasteiger partial charge >= 0.3 is 0 Å². The molecule has 0 aliphatic rings. The van der Waals surface area contributed by atoms with E-state index in [1.54, 1.807) is 19.2 Å². The molecule has 0 unspecified atom stereocenters. The maximum Gasteiger partial charge on any atom is 0.245 e. The Morgan fingerprint density at radius 2 is 2.50 bits per heavy atom. The van der Waals surface area contributed by atoms with Crippen molar-refractivity contribution in [3.63, 3.8) is 0 Å². The maximum atomic E-state index is 11.5. The highest BCUT2D eigenvalue weighted by Gasteiger charge is 2.08. The molecule has 0 fully saturated rings. The minimum Gasteiger partial charge on any atom is -0.360 e. The van der Waals surface area contributed by atoms with E-state index in [-0.39, 0.29) is 17.7 Å². The van der Waals surface area contributed by atoms with Crippen LogP contribution >= 0.6 is 11.6 Å². The lowest BCUT2D eigenvalue weighted by atomic mass is 10.4. The van der Waals surface area contributed by atoms with Crippen LogP contribution in [-0.2, 0) is 11.3 Å². The second-order valence-corrected chi connectivity index (χ2v) is 3.53. The van der Waals surface area contributed by atoms with Crippen molar-refractivity contribution in [2.45, 2.75) is 13.5 Å². The van der Waals surface area contributed by atoms with Gasteiger partial charge in [0.25, 0.3) is 0 Å². The Morgan fingerprint density at radius 1 is 1.69 bits per heavy atom. The van der Waals surface area contributed by atoms with Crippen LogP contribution in [0, 0.1) is 6.92 Å². The fourth-order valence-electron chi connectivity index (χ4n) is 1.19. The second kappa shape index (κ2) is 4.36. The molecule has 6 nitrogen and oxygen atoms in total. The van der Waals surface area contributed by atoms with Gasteiger partial charge in [0.1, 0.15) is 12.3 Å². The Hall–Kier alpha value is -1.82. The molecule has 0 spiro atoms. The number of anilines is 1. The van der Waals surface area contributed by atoms with E-state index in [4.69, 9.17) is 16.1 Å². The Balaban J connectivity index is 1.97. The zero-order chi connectivity index (χ0) is 11.5. The number of carbonyl (C=O) groups excluding carboxylic acids is 1. The average Bonchev–Trinajstić information content (AvgIpc) is 2.77. The van der Waals surface area contributed by atoms with Crippen LogP contribution in [0.1, 0.15) is 5.76 Å². The van der Waals surface area contributed by atoms with Gasteiger partial charge in [-0.1, -0.05) is 5.16 Å². The molecule has 0 atom stereocenters. The van der Waals surface area contributed by atoms with Gasteiger partial charge in [-0.15, -0.1) is 0 Å². The summed E-state index contributed by atoms with van der Waals surface area (Å²) in [5.41, 5.74) is 0. The predicted octanol–water partition coefficient (Wildman–Crippen LogP) is 1.47. The lowest BCUT2D eigenvalue weighted by molar-refractivity contribution is -0.116. The summed E-state index contributed by atoms with van der Waals surface area (Å²) in [5, 5.41) is 6.49. The van der Waals surface area contributed by atoms with Crippen molar-refractivity contribution in [3.8, 4) is 0 Å². The lowest BCUT2D eigenvalue weighted by Crippen LogP contribution is -2.18. The molecule has 0 saturated heterocycles. The van der Waals surface area contributed by atoms with Crippen LogP contribution in [0.5, 0.6) is 0 Å². The Kier molecular flexibility index (Phi) is 2.91. The van der Waals surface area contributed by atoms with Crippen LogP contribution in [0.3, 0.4) is 0 Å². The molecule has 0 bridgehead atoms. The van der Waals surface area contributed by atoms with Gasteiger partial charge in [-0.2, -0.15) is 0 Å². The molecule has 84 valence electrons. The summed E-state index contributed by atoms with van der Waals surface area (Å²) in [5.74, 6) is 0.780. The lowest BCUT2D eigenvalue weighted by Gasteiger charge is -2.02. The van der Waals surface area contributed by atoms with E-state index in [2.05, 4.69) is 15.5 Å². The first kappa shape index (κ1) is 10.7. The van der Waals surface area contributed by atoms with Crippen LogP contribution in [0.15, 0.2) is 23.0 Å². The zero-order valence-corrected chi connectivity index (χ0v) is 9.23. The molecule has 1 N–H and O–H groups in total. The largest absolute Gasteiger partial charge is 0.360 e. The van der Waals surface area contributed by atoms with E-state index >= 15 is 0 Å². The Bertz CT molecular complexity index is 505. The van der Waals surface area contributed by atoms with Crippen molar-refractivity contribution >= 4 is 23.3 Å². The number of hydrogen-bond acceptors (Lipinski definition) is 4. The zero-order valence-electron chi connectivity index (χ0n) is 8.48. The van der Waals surface area contributed by atoms with Crippen molar-refractivity contribution < 1.29 is 9.32 Å². The highest BCUT2D eigenvalue weighted by Crippen LogP contribution is 2.08. The van der Waals surface area contributed by atoms with Crippen LogP contribution in [0.2, 0.25) is 5.28 Å². The van der Waals surface area contributed by atoms with Gasteiger partial charge in [0.2, 0.25) is 11.2 Å². The Labute approximate surface area is 96.2 Å². The molecule has 2 aromatic rings. The molecular weight excluding hydrogens is 232 g/mol. The van der Waals surface area contributed by atoms with Gasteiger partial charge in [-0.25, -0.2) is 4.98 Å². The topological polar surface area (TPSA) is 73.0 Å². The quantitative estimate of drug-likeness (QED) is 0.882. The number of aromatic nitrogens is 3.